The maximum atomic E-state index is 4.75. The van der Waals surface area contributed by atoms with Gasteiger partial charge in [0.25, 0.3) is 0 Å². The van der Waals surface area contributed by atoms with Gasteiger partial charge >= 0.3 is 0 Å². The fourth-order valence-electron chi connectivity index (χ4n) is 2.43. The van der Waals surface area contributed by atoms with Crippen molar-refractivity contribution in [2.24, 2.45) is 0 Å². The van der Waals surface area contributed by atoms with Gasteiger partial charge in [-0.1, -0.05) is 20.8 Å². The Labute approximate surface area is 122 Å². The van der Waals surface area contributed by atoms with E-state index >= 15 is 0 Å². The Bertz CT molecular complexity index is 334. The third-order valence-electron chi connectivity index (χ3n) is 3.60. The zero-order chi connectivity index (χ0) is 14.1. The highest BCUT2D eigenvalue weighted by Crippen LogP contribution is 2.15. The van der Waals surface area contributed by atoms with Crippen molar-refractivity contribution >= 4 is 11.8 Å². The summed E-state index contributed by atoms with van der Waals surface area (Å²) < 4.78 is 2.15. The van der Waals surface area contributed by atoms with Gasteiger partial charge in [0.2, 0.25) is 0 Å². The first-order chi connectivity index (χ1) is 9.24. The van der Waals surface area contributed by atoms with E-state index in [0.717, 1.165) is 25.8 Å². The third kappa shape index (κ3) is 5.57. The van der Waals surface area contributed by atoms with Crippen LogP contribution in [-0.2, 0) is 6.42 Å². The largest absolute Gasteiger partial charge is 0.314 e. The van der Waals surface area contributed by atoms with Crippen LogP contribution in [-0.4, -0.2) is 34.4 Å². The van der Waals surface area contributed by atoms with Crippen LogP contribution in [0.2, 0.25) is 0 Å². The van der Waals surface area contributed by atoms with E-state index in [4.69, 9.17) is 5.10 Å². The molecule has 1 unspecified atom stereocenters. The fourth-order valence-corrected chi connectivity index (χ4v) is 2.95. The summed E-state index contributed by atoms with van der Waals surface area (Å²) in [6.07, 6.45) is 8.88. The van der Waals surface area contributed by atoms with Crippen molar-refractivity contribution in [2.45, 2.75) is 58.5 Å². The van der Waals surface area contributed by atoms with E-state index in [1.165, 1.54) is 17.9 Å². The minimum atomic E-state index is 0.553. The number of nitrogens with zero attached hydrogens (tertiary/aromatic N) is 2. The van der Waals surface area contributed by atoms with Crippen LogP contribution >= 0.6 is 11.8 Å². The number of nitrogens with one attached hydrogen (secondary N) is 1. The number of hydrogen-bond acceptors (Lipinski definition) is 3. The van der Waals surface area contributed by atoms with Crippen LogP contribution in [0.5, 0.6) is 0 Å². The molecule has 1 heterocycles. The topological polar surface area (TPSA) is 29.9 Å². The van der Waals surface area contributed by atoms with E-state index in [0.29, 0.717) is 12.1 Å². The monoisotopic (exact) mass is 283 g/mol. The minimum absolute atomic E-state index is 0.553. The van der Waals surface area contributed by atoms with E-state index in [1.807, 2.05) is 11.8 Å². The molecule has 110 valence electrons. The van der Waals surface area contributed by atoms with Gasteiger partial charge in [-0.3, -0.25) is 4.68 Å². The fraction of sp³-hybridized carbons (Fsp3) is 0.800. The van der Waals surface area contributed by atoms with Crippen LogP contribution in [0.25, 0.3) is 0 Å². The van der Waals surface area contributed by atoms with E-state index < -0.39 is 0 Å². The van der Waals surface area contributed by atoms with E-state index in [1.54, 1.807) is 0 Å². The number of rotatable bonds is 10. The second-order valence-corrected chi connectivity index (χ2v) is 5.98. The molecule has 0 spiro atoms. The predicted molar refractivity (Wildman–Crippen MR) is 86.0 cm³/mol. The molecular weight excluding hydrogens is 254 g/mol. The summed E-state index contributed by atoms with van der Waals surface area (Å²) in [5, 5.41) is 8.32. The highest BCUT2D eigenvalue weighted by molar-refractivity contribution is 7.98. The zero-order valence-corrected chi connectivity index (χ0v) is 13.7. The van der Waals surface area contributed by atoms with Crippen LogP contribution < -0.4 is 5.32 Å². The molecule has 0 aromatic carbocycles. The lowest BCUT2D eigenvalue weighted by Gasteiger charge is -2.16. The maximum absolute atomic E-state index is 4.75. The molecule has 1 aromatic heterocycles. The Morgan fingerprint density at radius 1 is 1.32 bits per heavy atom. The average molecular weight is 283 g/mol. The molecule has 1 N–H and O–H groups in total. The first kappa shape index (κ1) is 16.6. The van der Waals surface area contributed by atoms with Gasteiger partial charge in [0.05, 0.1) is 11.7 Å². The molecule has 1 atom stereocenters. The number of aromatic nitrogens is 2. The Hall–Kier alpha value is -0.480. The lowest BCUT2D eigenvalue weighted by atomic mass is 10.1. The van der Waals surface area contributed by atoms with Gasteiger partial charge < -0.3 is 5.32 Å². The lowest BCUT2D eigenvalue weighted by molar-refractivity contribution is 0.421. The summed E-state index contributed by atoms with van der Waals surface area (Å²) in [5.41, 5.74) is 1.22. The molecule has 0 saturated heterocycles. The van der Waals surface area contributed by atoms with Crippen LogP contribution in [0.15, 0.2) is 12.3 Å². The summed E-state index contributed by atoms with van der Waals surface area (Å²) in [7, 11) is 0. The van der Waals surface area contributed by atoms with Crippen LogP contribution in [0, 0.1) is 0 Å². The van der Waals surface area contributed by atoms with Crippen LogP contribution in [0.1, 0.15) is 51.8 Å². The van der Waals surface area contributed by atoms with Crippen molar-refractivity contribution in [1.29, 1.82) is 0 Å². The molecule has 0 aliphatic heterocycles. The number of likely N-dealkylation sites (N-methyl/N-ethyl adjacent to an activating group) is 1. The van der Waals surface area contributed by atoms with Gasteiger partial charge in [-0.15, -0.1) is 0 Å². The van der Waals surface area contributed by atoms with E-state index in [2.05, 4.69) is 49.3 Å². The Morgan fingerprint density at radius 3 is 2.63 bits per heavy atom. The van der Waals surface area contributed by atoms with Crippen LogP contribution in [0.3, 0.4) is 0 Å². The predicted octanol–water partition coefficient (Wildman–Crippen LogP) is 3.52. The van der Waals surface area contributed by atoms with Gasteiger partial charge in [0, 0.05) is 18.7 Å². The quantitative estimate of drug-likeness (QED) is 0.712. The normalized spacial score (nSPS) is 13.1. The molecule has 1 rings (SSSR count). The van der Waals surface area contributed by atoms with E-state index in [9.17, 15) is 0 Å². The van der Waals surface area contributed by atoms with Crippen molar-refractivity contribution < 1.29 is 0 Å². The molecule has 3 nitrogen and oxygen atoms in total. The Balaban J connectivity index is 2.58. The third-order valence-corrected chi connectivity index (χ3v) is 4.24. The average Bonchev–Trinajstić information content (AvgIpc) is 2.86. The van der Waals surface area contributed by atoms with Gasteiger partial charge in [-0.2, -0.15) is 16.9 Å². The molecule has 0 bridgehead atoms. The Morgan fingerprint density at radius 2 is 2.05 bits per heavy atom. The van der Waals surface area contributed by atoms with E-state index in [-0.39, 0.29) is 0 Å². The highest BCUT2D eigenvalue weighted by atomic mass is 32.2. The molecular formula is C15H29N3S. The first-order valence-electron chi connectivity index (χ1n) is 7.51. The SMILES string of the molecule is CCNC(CCSC)Cc1ccn(C(CC)CC)n1. The summed E-state index contributed by atoms with van der Waals surface area (Å²) in [4.78, 5) is 0. The molecule has 0 aliphatic carbocycles. The van der Waals surface area contributed by atoms with Gasteiger partial charge in [-0.25, -0.2) is 0 Å². The second kappa shape index (κ2) is 9.43. The smallest absolute Gasteiger partial charge is 0.0640 e. The van der Waals surface area contributed by atoms with Crippen molar-refractivity contribution in [3.63, 3.8) is 0 Å². The molecule has 4 heteroatoms. The highest BCUT2D eigenvalue weighted by Gasteiger charge is 2.12. The summed E-state index contributed by atoms with van der Waals surface area (Å²) in [6, 6.07) is 3.29. The standard InChI is InChI=1S/C15H29N3S/c1-5-15(6-2)18-10-8-14(17-18)12-13(16-7-3)9-11-19-4/h8,10,13,15-16H,5-7,9,11-12H2,1-4H3. The second-order valence-electron chi connectivity index (χ2n) is 5.00. The van der Waals surface area contributed by atoms with Crippen molar-refractivity contribution in [1.82, 2.24) is 15.1 Å². The van der Waals surface area contributed by atoms with Gasteiger partial charge in [-0.05, 0) is 43.9 Å². The maximum Gasteiger partial charge on any atom is 0.0640 e. The molecule has 1 aromatic rings. The summed E-state index contributed by atoms with van der Waals surface area (Å²) >= 11 is 1.92. The van der Waals surface area contributed by atoms with Gasteiger partial charge in [0.1, 0.15) is 0 Å². The molecule has 0 saturated carbocycles. The zero-order valence-electron chi connectivity index (χ0n) is 12.9. The van der Waals surface area contributed by atoms with Crippen LogP contribution in [0.4, 0.5) is 0 Å². The van der Waals surface area contributed by atoms with Gasteiger partial charge in [0.15, 0.2) is 0 Å². The number of thioether (sulfide) groups is 1. The minimum Gasteiger partial charge on any atom is -0.314 e. The number of hydrogen-bond donors (Lipinski definition) is 1. The molecule has 0 amide bonds. The molecule has 0 fully saturated rings. The van der Waals surface area contributed by atoms with Crippen molar-refractivity contribution in [2.75, 3.05) is 18.6 Å². The summed E-state index contributed by atoms with van der Waals surface area (Å²) in [5.74, 6) is 1.21. The lowest BCUT2D eigenvalue weighted by Crippen LogP contribution is -2.31. The van der Waals surface area contributed by atoms with Crippen molar-refractivity contribution in [3.05, 3.63) is 18.0 Å². The molecule has 19 heavy (non-hydrogen) atoms. The Kier molecular flexibility index (Phi) is 8.22. The first-order valence-corrected chi connectivity index (χ1v) is 8.90. The molecule has 0 radical (unpaired) electrons. The van der Waals surface area contributed by atoms with Crippen molar-refractivity contribution in [3.8, 4) is 0 Å². The summed E-state index contributed by atoms with van der Waals surface area (Å²) in [6.45, 7) is 7.67. The molecule has 0 aliphatic rings.